The number of nitrogens with two attached hydrogens (primary N) is 1. The van der Waals surface area contributed by atoms with Crippen LogP contribution in [0.5, 0.6) is 0 Å². The average molecular weight is 265 g/mol. The third-order valence-electron chi connectivity index (χ3n) is 1.59. The van der Waals surface area contributed by atoms with Crippen molar-refractivity contribution in [2.75, 3.05) is 52.9 Å². The van der Waals surface area contributed by atoms with Crippen LogP contribution in [0.1, 0.15) is 0 Å². The fourth-order valence-corrected chi connectivity index (χ4v) is 0.890. The summed E-state index contributed by atoms with van der Waals surface area (Å²) in [4.78, 5) is 20.4. The Labute approximate surface area is 105 Å². The van der Waals surface area contributed by atoms with Crippen LogP contribution in [0.2, 0.25) is 0 Å². The third-order valence-corrected chi connectivity index (χ3v) is 1.59. The number of carbonyl (C=O) groups excluding carboxylic acids is 1. The molecule has 0 atom stereocenters. The molecular formula is C10H19NO7. The summed E-state index contributed by atoms with van der Waals surface area (Å²) in [5.74, 6) is -1.52. The van der Waals surface area contributed by atoms with Gasteiger partial charge in [-0.2, -0.15) is 0 Å². The molecular weight excluding hydrogens is 246 g/mol. The number of carboxylic acid groups (broad SMARTS) is 1. The molecule has 8 nitrogen and oxygen atoms in total. The molecule has 0 saturated carbocycles. The summed E-state index contributed by atoms with van der Waals surface area (Å²) < 4.78 is 19.8. The van der Waals surface area contributed by atoms with Gasteiger partial charge < -0.3 is 29.8 Å². The standard InChI is InChI=1S/C10H19NO7/c11-9(12)7-17-5-3-15-1-2-16-4-6-18-8-10(13)14/h1-8H2,(H2,11,12)(H,13,14). The van der Waals surface area contributed by atoms with Crippen LogP contribution in [0.25, 0.3) is 0 Å². The van der Waals surface area contributed by atoms with E-state index in [4.69, 9.17) is 29.8 Å². The molecule has 0 spiro atoms. The van der Waals surface area contributed by atoms with Crippen LogP contribution in [0.4, 0.5) is 0 Å². The Morgan fingerprint density at radius 2 is 1.17 bits per heavy atom. The van der Waals surface area contributed by atoms with Crippen molar-refractivity contribution in [2.45, 2.75) is 0 Å². The highest BCUT2D eigenvalue weighted by Gasteiger charge is 1.96. The minimum absolute atomic E-state index is 0.110. The Morgan fingerprint density at radius 3 is 1.56 bits per heavy atom. The first-order chi connectivity index (χ1) is 8.63. The molecule has 106 valence electrons. The molecule has 1 amide bonds. The molecule has 0 aliphatic rings. The van der Waals surface area contributed by atoms with Crippen molar-refractivity contribution in [3.8, 4) is 0 Å². The molecule has 0 aromatic rings. The lowest BCUT2D eigenvalue weighted by atomic mass is 10.6. The van der Waals surface area contributed by atoms with Gasteiger partial charge in [0.25, 0.3) is 0 Å². The van der Waals surface area contributed by atoms with Gasteiger partial charge in [0.1, 0.15) is 13.2 Å². The van der Waals surface area contributed by atoms with Crippen molar-refractivity contribution in [3.05, 3.63) is 0 Å². The van der Waals surface area contributed by atoms with Crippen molar-refractivity contribution in [1.82, 2.24) is 0 Å². The monoisotopic (exact) mass is 265 g/mol. The van der Waals surface area contributed by atoms with Crippen LogP contribution < -0.4 is 5.73 Å². The van der Waals surface area contributed by atoms with Crippen LogP contribution in [-0.4, -0.2) is 69.8 Å². The van der Waals surface area contributed by atoms with Crippen molar-refractivity contribution in [2.24, 2.45) is 5.73 Å². The topological polar surface area (TPSA) is 117 Å². The summed E-state index contributed by atoms with van der Waals surface area (Å²) in [5.41, 5.74) is 4.86. The molecule has 0 heterocycles. The number of rotatable bonds is 13. The number of hydrogen-bond donors (Lipinski definition) is 2. The van der Waals surface area contributed by atoms with E-state index in [2.05, 4.69) is 0 Å². The zero-order valence-corrected chi connectivity index (χ0v) is 10.1. The molecule has 0 unspecified atom stereocenters. The van der Waals surface area contributed by atoms with Crippen molar-refractivity contribution in [1.29, 1.82) is 0 Å². The van der Waals surface area contributed by atoms with E-state index >= 15 is 0 Å². The number of primary amides is 1. The van der Waals surface area contributed by atoms with Crippen molar-refractivity contribution >= 4 is 11.9 Å². The van der Waals surface area contributed by atoms with Gasteiger partial charge in [0.15, 0.2) is 0 Å². The number of aliphatic carboxylic acids is 1. The number of carbonyl (C=O) groups is 2. The number of carboxylic acids is 1. The van der Waals surface area contributed by atoms with E-state index in [1.807, 2.05) is 0 Å². The van der Waals surface area contributed by atoms with E-state index < -0.39 is 11.9 Å². The van der Waals surface area contributed by atoms with E-state index in [0.717, 1.165) is 0 Å². The van der Waals surface area contributed by atoms with E-state index in [1.165, 1.54) is 0 Å². The van der Waals surface area contributed by atoms with Gasteiger partial charge in [0.05, 0.1) is 39.6 Å². The lowest BCUT2D eigenvalue weighted by molar-refractivity contribution is -0.142. The maximum atomic E-state index is 10.3. The maximum absolute atomic E-state index is 10.3. The molecule has 0 aromatic carbocycles. The van der Waals surface area contributed by atoms with Crippen molar-refractivity contribution < 1.29 is 33.6 Å². The second-order valence-electron chi connectivity index (χ2n) is 3.19. The van der Waals surface area contributed by atoms with Gasteiger partial charge in [-0.1, -0.05) is 0 Å². The van der Waals surface area contributed by atoms with Gasteiger partial charge in [0, 0.05) is 0 Å². The molecule has 0 aliphatic heterocycles. The molecule has 0 bridgehead atoms. The first kappa shape index (κ1) is 16.8. The summed E-state index contributed by atoms with van der Waals surface area (Å²) >= 11 is 0. The molecule has 0 radical (unpaired) electrons. The molecule has 0 fully saturated rings. The highest BCUT2D eigenvalue weighted by atomic mass is 16.6. The highest BCUT2D eigenvalue weighted by Crippen LogP contribution is 1.82. The summed E-state index contributed by atoms with van der Waals surface area (Å²) in [6.07, 6.45) is 0. The third kappa shape index (κ3) is 14.8. The zero-order chi connectivity index (χ0) is 13.6. The number of hydrogen-bond acceptors (Lipinski definition) is 6. The molecule has 0 rings (SSSR count). The quantitative estimate of drug-likeness (QED) is 0.394. The number of amides is 1. The average Bonchev–Trinajstić information content (AvgIpc) is 2.29. The van der Waals surface area contributed by atoms with Crippen molar-refractivity contribution in [3.63, 3.8) is 0 Å². The first-order valence-electron chi connectivity index (χ1n) is 5.44. The zero-order valence-electron chi connectivity index (χ0n) is 10.1. The predicted octanol–water partition coefficient (Wildman–Crippen LogP) is -1.38. The van der Waals surface area contributed by atoms with E-state index in [-0.39, 0.29) is 19.8 Å². The number of ether oxygens (including phenoxy) is 4. The van der Waals surface area contributed by atoms with Crippen LogP contribution in [0.3, 0.4) is 0 Å². The molecule has 3 N–H and O–H groups in total. The van der Waals surface area contributed by atoms with Gasteiger partial charge in [-0.25, -0.2) is 4.79 Å². The Morgan fingerprint density at radius 1 is 0.778 bits per heavy atom. The van der Waals surface area contributed by atoms with E-state index in [1.54, 1.807) is 0 Å². The lowest BCUT2D eigenvalue weighted by Crippen LogP contribution is -2.20. The minimum atomic E-state index is -1.01. The molecule has 8 heteroatoms. The SMILES string of the molecule is NC(=O)COCCOCCOCCOCC(=O)O. The summed E-state index contributed by atoms with van der Waals surface area (Å²) in [7, 11) is 0. The minimum Gasteiger partial charge on any atom is -0.480 e. The first-order valence-corrected chi connectivity index (χ1v) is 5.44. The van der Waals surface area contributed by atoms with Crippen LogP contribution in [0.15, 0.2) is 0 Å². The van der Waals surface area contributed by atoms with Gasteiger partial charge in [-0.05, 0) is 0 Å². The highest BCUT2D eigenvalue weighted by molar-refractivity contribution is 5.74. The summed E-state index contributed by atoms with van der Waals surface area (Å²) in [6.45, 7) is 1.53. The second kappa shape index (κ2) is 12.2. The van der Waals surface area contributed by atoms with Gasteiger partial charge >= 0.3 is 5.97 Å². The predicted molar refractivity (Wildman–Crippen MR) is 60.1 cm³/mol. The normalized spacial score (nSPS) is 10.4. The van der Waals surface area contributed by atoms with E-state index in [9.17, 15) is 9.59 Å². The summed E-state index contributed by atoms with van der Waals surface area (Å²) in [6, 6.07) is 0. The van der Waals surface area contributed by atoms with Crippen LogP contribution >= 0.6 is 0 Å². The van der Waals surface area contributed by atoms with Gasteiger partial charge in [-0.15, -0.1) is 0 Å². The Hall–Kier alpha value is -1.22. The maximum Gasteiger partial charge on any atom is 0.329 e. The van der Waals surface area contributed by atoms with E-state index in [0.29, 0.717) is 33.0 Å². The second-order valence-corrected chi connectivity index (χ2v) is 3.19. The fraction of sp³-hybridized carbons (Fsp3) is 0.800. The Kier molecular flexibility index (Phi) is 11.4. The molecule has 18 heavy (non-hydrogen) atoms. The Balaban J connectivity index is 2.99. The smallest absolute Gasteiger partial charge is 0.329 e. The lowest BCUT2D eigenvalue weighted by Gasteiger charge is -2.06. The van der Waals surface area contributed by atoms with Crippen LogP contribution in [-0.2, 0) is 28.5 Å². The summed E-state index contributed by atoms with van der Waals surface area (Å²) in [5, 5.41) is 8.26. The molecule has 0 saturated heterocycles. The van der Waals surface area contributed by atoms with Gasteiger partial charge in [-0.3, -0.25) is 4.79 Å². The Bertz CT molecular complexity index is 210. The van der Waals surface area contributed by atoms with Gasteiger partial charge in [0.2, 0.25) is 5.91 Å². The largest absolute Gasteiger partial charge is 0.480 e. The van der Waals surface area contributed by atoms with Crippen LogP contribution in [0, 0.1) is 0 Å². The molecule has 0 aromatic heterocycles. The molecule has 0 aliphatic carbocycles. The fourth-order valence-electron chi connectivity index (χ4n) is 0.890.